The summed E-state index contributed by atoms with van der Waals surface area (Å²) in [7, 11) is 1.43. The average molecular weight is 357 g/mol. The molecule has 0 aromatic heterocycles. The third-order valence-corrected chi connectivity index (χ3v) is 5.79. The van der Waals surface area contributed by atoms with Gasteiger partial charge in [-0.25, -0.2) is 0 Å². The van der Waals surface area contributed by atoms with E-state index < -0.39 is 0 Å². The average Bonchev–Trinajstić information content (AvgIpc) is 2.59. The second-order valence-corrected chi connectivity index (χ2v) is 7.59. The molecule has 0 saturated carbocycles. The fourth-order valence-corrected chi connectivity index (χ4v) is 4.25. The van der Waals surface area contributed by atoms with E-state index in [2.05, 4.69) is 22.3 Å². The van der Waals surface area contributed by atoms with Gasteiger partial charge in [0.05, 0.1) is 7.11 Å². The summed E-state index contributed by atoms with van der Waals surface area (Å²) in [6.45, 7) is 2.30. The minimum Gasteiger partial charge on any atom is -0.468 e. The Bertz CT molecular complexity index is 499. The van der Waals surface area contributed by atoms with Crippen LogP contribution in [0.25, 0.3) is 0 Å². The van der Waals surface area contributed by atoms with Gasteiger partial charge in [-0.05, 0) is 24.4 Å². The molecule has 4 nitrogen and oxygen atoms in total. The van der Waals surface area contributed by atoms with Crippen LogP contribution in [0.15, 0.2) is 35.2 Å². The molecule has 1 aromatic rings. The number of hydrogen-bond donors (Lipinski definition) is 1. The molecule has 0 spiro atoms. The molecule has 2 rings (SSSR count). The Morgan fingerprint density at radius 3 is 3.00 bits per heavy atom. The zero-order chi connectivity index (χ0) is 15.8. The second-order valence-electron chi connectivity index (χ2n) is 4.72. The van der Waals surface area contributed by atoms with Crippen molar-refractivity contribution in [2.75, 3.05) is 38.2 Å². The first kappa shape index (κ1) is 17.4. The first-order valence-corrected chi connectivity index (χ1v) is 9.55. The third-order valence-electron chi connectivity index (χ3n) is 3.21. The highest BCUT2D eigenvalue weighted by Crippen LogP contribution is 2.20. The molecule has 1 heterocycles. The molecule has 1 fully saturated rings. The summed E-state index contributed by atoms with van der Waals surface area (Å²) in [6.07, 6.45) is 0. The van der Waals surface area contributed by atoms with Gasteiger partial charge in [0.1, 0.15) is 5.25 Å². The highest BCUT2D eigenvalue weighted by Gasteiger charge is 2.28. The minimum absolute atomic E-state index is 0.141. The summed E-state index contributed by atoms with van der Waals surface area (Å²) < 4.78 is 4.81. The summed E-state index contributed by atoms with van der Waals surface area (Å²) in [4.78, 5) is 14.9. The van der Waals surface area contributed by atoms with Crippen LogP contribution < -0.4 is 5.32 Å². The molecule has 0 bridgehead atoms. The Labute approximate surface area is 145 Å². The van der Waals surface area contributed by atoms with Crippen molar-refractivity contribution in [3.63, 3.8) is 0 Å². The van der Waals surface area contributed by atoms with Gasteiger partial charge in [0.15, 0.2) is 5.11 Å². The van der Waals surface area contributed by atoms with E-state index in [0.717, 1.165) is 29.7 Å². The fourth-order valence-electron chi connectivity index (χ4n) is 2.06. The second kappa shape index (κ2) is 9.27. The molecule has 0 aliphatic carbocycles. The molecule has 1 saturated heterocycles. The number of carbonyl (C=O) groups is 1. The van der Waals surface area contributed by atoms with Crippen molar-refractivity contribution in [3.05, 3.63) is 30.3 Å². The summed E-state index contributed by atoms with van der Waals surface area (Å²) in [5.74, 6) is 1.67. The highest BCUT2D eigenvalue weighted by molar-refractivity contribution is 8.00. The molecule has 1 aliphatic rings. The van der Waals surface area contributed by atoms with Crippen LogP contribution in [-0.2, 0) is 9.53 Å². The number of nitrogens with one attached hydrogen (secondary N) is 1. The highest BCUT2D eigenvalue weighted by atomic mass is 32.2. The van der Waals surface area contributed by atoms with Gasteiger partial charge >= 0.3 is 5.97 Å². The van der Waals surface area contributed by atoms with Crippen LogP contribution in [0.2, 0.25) is 0 Å². The number of thioether (sulfide) groups is 2. The van der Waals surface area contributed by atoms with Crippen molar-refractivity contribution < 1.29 is 9.53 Å². The molecule has 0 unspecified atom stereocenters. The number of ether oxygens (including phenoxy) is 1. The number of rotatable bonds is 5. The van der Waals surface area contributed by atoms with Gasteiger partial charge in [-0.15, -0.1) is 23.5 Å². The Balaban J connectivity index is 1.69. The summed E-state index contributed by atoms with van der Waals surface area (Å²) in [5.41, 5.74) is 0. The molecular formula is C15H20N2O2S3. The lowest BCUT2D eigenvalue weighted by Gasteiger charge is -2.33. The molecule has 1 aliphatic heterocycles. The predicted molar refractivity (Wildman–Crippen MR) is 97.6 cm³/mol. The third kappa shape index (κ3) is 5.37. The molecule has 1 aromatic carbocycles. The number of hydrogen-bond acceptors (Lipinski definition) is 5. The van der Waals surface area contributed by atoms with Crippen molar-refractivity contribution in [1.29, 1.82) is 0 Å². The summed E-state index contributed by atoms with van der Waals surface area (Å²) in [6, 6.07) is 10.3. The van der Waals surface area contributed by atoms with Crippen LogP contribution in [0.3, 0.4) is 0 Å². The van der Waals surface area contributed by atoms with E-state index >= 15 is 0 Å². The van der Waals surface area contributed by atoms with Gasteiger partial charge in [0.2, 0.25) is 0 Å². The standard InChI is InChI=1S/C15H20N2O2S3/c1-19-14(18)13-11-17(8-10-22-13)15(20)16-7-9-21-12-5-3-2-4-6-12/h2-6,13H,7-11H2,1H3,(H,16,20)/t13-/m1/s1. The maximum atomic E-state index is 11.6. The van der Waals surface area contributed by atoms with E-state index in [0.29, 0.717) is 6.54 Å². The van der Waals surface area contributed by atoms with E-state index in [4.69, 9.17) is 17.0 Å². The molecular weight excluding hydrogens is 336 g/mol. The maximum absolute atomic E-state index is 11.6. The van der Waals surface area contributed by atoms with Crippen LogP contribution in [0.1, 0.15) is 0 Å². The number of benzene rings is 1. The van der Waals surface area contributed by atoms with Crippen molar-refractivity contribution in [3.8, 4) is 0 Å². The quantitative estimate of drug-likeness (QED) is 0.376. The molecule has 7 heteroatoms. The lowest BCUT2D eigenvalue weighted by atomic mass is 10.3. The fraction of sp³-hybridized carbons (Fsp3) is 0.467. The van der Waals surface area contributed by atoms with E-state index in [1.54, 1.807) is 23.5 Å². The van der Waals surface area contributed by atoms with Crippen molar-refractivity contribution in [2.24, 2.45) is 0 Å². The van der Waals surface area contributed by atoms with Crippen LogP contribution >= 0.6 is 35.7 Å². The Kier molecular flexibility index (Phi) is 7.35. The van der Waals surface area contributed by atoms with Crippen LogP contribution in [-0.4, -0.2) is 59.5 Å². The van der Waals surface area contributed by atoms with Crippen LogP contribution in [0, 0.1) is 0 Å². The van der Waals surface area contributed by atoms with Gasteiger partial charge in [0.25, 0.3) is 0 Å². The first-order chi connectivity index (χ1) is 10.7. The van der Waals surface area contributed by atoms with Gasteiger partial charge in [-0.3, -0.25) is 4.79 Å². The first-order valence-electron chi connectivity index (χ1n) is 7.11. The number of esters is 1. The normalized spacial score (nSPS) is 17.9. The monoisotopic (exact) mass is 356 g/mol. The van der Waals surface area contributed by atoms with E-state index in [1.165, 1.54) is 12.0 Å². The lowest BCUT2D eigenvalue weighted by Crippen LogP contribution is -2.49. The molecule has 22 heavy (non-hydrogen) atoms. The Morgan fingerprint density at radius 2 is 2.27 bits per heavy atom. The minimum atomic E-state index is -0.169. The largest absolute Gasteiger partial charge is 0.468 e. The zero-order valence-corrected chi connectivity index (χ0v) is 14.9. The SMILES string of the molecule is COC(=O)[C@H]1CN(C(=S)NCCSc2ccccc2)CCS1. The topological polar surface area (TPSA) is 41.6 Å². The number of carbonyl (C=O) groups excluding carboxylic acids is 1. The molecule has 1 N–H and O–H groups in total. The van der Waals surface area contributed by atoms with Crippen LogP contribution in [0.4, 0.5) is 0 Å². The van der Waals surface area contributed by atoms with Crippen molar-refractivity contribution in [2.45, 2.75) is 10.1 Å². The van der Waals surface area contributed by atoms with Crippen molar-refractivity contribution in [1.82, 2.24) is 10.2 Å². The number of thiocarbonyl (C=S) groups is 1. The molecule has 120 valence electrons. The maximum Gasteiger partial charge on any atom is 0.320 e. The smallest absolute Gasteiger partial charge is 0.320 e. The van der Waals surface area contributed by atoms with E-state index in [9.17, 15) is 4.79 Å². The number of nitrogens with zero attached hydrogens (tertiary/aromatic N) is 1. The molecule has 0 radical (unpaired) electrons. The summed E-state index contributed by atoms with van der Waals surface area (Å²) in [5, 5.41) is 3.86. The van der Waals surface area contributed by atoms with Crippen LogP contribution in [0.5, 0.6) is 0 Å². The predicted octanol–water partition coefficient (Wildman–Crippen LogP) is 2.24. The van der Waals surface area contributed by atoms with Gasteiger partial charge in [-0.1, -0.05) is 18.2 Å². The zero-order valence-electron chi connectivity index (χ0n) is 12.5. The van der Waals surface area contributed by atoms with Gasteiger partial charge < -0.3 is 15.0 Å². The Hall–Kier alpha value is -0.920. The number of methoxy groups -OCH3 is 1. The molecule has 0 amide bonds. The molecule has 1 atom stereocenters. The van der Waals surface area contributed by atoms with Gasteiger partial charge in [0, 0.05) is 36.0 Å². The van der Waals surface area contributed by atoms with E-state index in [1.807, 2.05) is 18.2 Å². The van der Waals surface area contributed by atoms with Gasteiger partial charge in [-0.2, -0.15) is 0 Å². The Morgan fingerprint density at radius 1 is 1.50 bits per heavy atom. The van der Waals surface area contributed by atoms with E-state index in [-0.39, 0.29) is 11.2 Å². The lowest BCUT2D eigenvalue weighted by molar-refractivity contribution is -0.140. The van der Waals surface area contributed by atoms with Crippen molar-refractivity contribution >= 4 is 46.8 Å². The summed E-state index contributed by atoms with van der Waals surface area (Å²) >= 11 is 8.86.